The van der Waals surface area contributed by atoms with Crippen LogP contribution < -0.4 is 0 Å². The van der Waals surface area contributed by atoms with Crippen LogP contribution in [-0.4, -0.2) is 33.8 Å². The molecule has 1 aromatic heterocycles. The largest absolute Gasteiger partial charge is 0.305 e. The van der Waals surface area contributed by atoms with E-state index in [1.165, 1.54) is 5.56 Å². The van der Waals surface area contributed by atoms with Crippen LogP contribution in [0.5, 0.6) is 0 Å². The SMILES string of the molecule is CC(C)n1ncnc1-c1ccc(CN(C)C)cc1. The molecule has 0 aliphatic rings. The van der Waals surface area contributed by atoms with Crippen LogP contribution in [0.2, 0.25) is 0 Å². The van der Waals surface area contributed by atoms with Crippen molar-refractivity contribution in [2.75, 3.05) is 14.1 Å². The van der Waals surface area contributed by atoms with Gasteiger partial charge in [0, 0.05) is 18.2 Å². The molecule has 4 nitrogen and oxygen atoms in total. The van der Waals surface area contributed by atoms with Crippen LogP contribution in [0.1, 0.15) is 25.5 Å². The number of nitrogens with zero attached hydrogens (tertiary/aromatic N) is 4. The molecular formula is C14H20N4. The minimum atomic E-state index is 0.323. The zero-order chi connectivity index (χ0) is 13.1. The van der Waals surface area contributed by atoms with E-state index in [0.717, 1.165) is 17.9 Å². The van der Waals surface area contributed by atoms with Gasteiger partial charge in [0.1, 0.15) is 6.33 Å². The van der Waals surface area contributed by atoms with E-state index in [9.17, 15) is 0 Å². The summed E-state index contributed by atoms with van der Waals surface area (Å²) < 4.78 is 1.95. The third kappa shape index (κ3) is 2.76. The normalized spacial score (nSPS) is 11.4. The van der Waals surface area contributed by atoms with Crippen molar-refractivity contribution in [3.63, 3.8) is 0 Å². The van der Waals surface area contributed by atoms with Crippen LogP contribution in [0.15, 0.2) is 30.6 Å². The standard InChI is InChI=1S/C14H20N4/c1-11(2)18-14(15-10-16-18)13-7-5-12(6-8-13)9-17(3)4/h5-8,10-11H,9H2,1-4H3. The smallest absolute Gasteiger partial charge is 0.158 e. The summed E-state index contributed by atoms with van der Waals surface area (Å²) in [5.41, 5.74) is 2.42. The van der Waals surface area contributed by atoms with E-state index in [2.05, 4.69) is 67.2 Å². The van der Waals surface area contributed by atoms with Gasteiger partial charge in [-0.3, -0.25) is 0 Å². The average Bonchev–Trinajstić information content (AvgIpc) is 2.78. The molecule has 0 saturated heterocycles. The van der Waals surface area contributed by atoms with Gasteiger partial charge in [-0.1, -0.05) is 24.3 Å². The van der Waals surface area contributed by atoms with Gasteiger partial charge >= 0.3 is 0 Å². The fourth-order valence-corrected chi connectivity index (χ4v) is 1.96. The van der Waals surface area contributed by atoms with E-state index in [1.807, 2.05) is 4.68 Å². The number of hydrogen-bond acceptors (Lipinski definition) is 3. The lowest BCUT2D eigenvalue weighted by molar-refractivity contribution is 0.402. The molecule has 0 aliphatic carbocycles. The number of aromatic nitrogens is 3. The second-order valence-corrected chi connectivity index (χ2v) is 5.06. The number of benzene rings is 1. The van der Waals surface area contributed by atoms with Crippen LogP contribution in [0.25, 0.3) is 11.4 Å². The Kier molecular flexibility index (Phi) is 3.77. The first-order chi connectivity index (χ1) is 8.58. The van der Waals surface area contributed by atoms with Crippen molar-refractivity contribution in [2.45, 2.75) is 26.4 Å². The van der Waals surface area contributed by atoms with Crippen LogP contribution in [0.4, 0.5) is 0 Å². The fourth-order valence-electron chi connectivity index (χ4n) is 1.96. The van der Waals surface area contributed by atoms with Gasteiger partial charge in [-0.2, -0.15) is 5.10 Å². The van der Waals surface area contributed by atoms with Gasteiger partial charge in [-0.15, -0.1) is 0 Å². The highest BCUT2D eigenvalue weighted by Gasteiger charge is 2.09. The van der Waals surface area contributed by atoms with Gasteiger partial charge in [-0.05, 0) is 33.5 Å². The van der Waals surface area contributed by atoms with Crippen molar-refractivity contribution >= 4 is 0 Å². The van der Waals surface area contributed by atoms with Crippen molar-refractivity contribution < 1.29 is 0 Å². The molecule has 2 aromatic rings. The van der Waals surface area contributed by atoms with E-state index in [1.54, 1.807) is 6.33 Å². The lowest BCUT2D eigenvalue weighted by Gasteiger charge is -2.11. The predicted molar refractivity (Wildman–Crippen MR) is 73.2 cm³/mol. The lowest BCUT2D eigenvalue weighted by Crippen LogP contribution is -2.10. The number of hydrogen-bond donors (Lipinski definition) is 0. The van der Waals surface area contributed by atoms with Gasteiger partial charge in [-0.25, -0.2) is 9.67 Å². The van der Waals surface area contributed by atoms with Gasteiger partial charge in [0.2, 0.25) is 0 Å². The first kappa shape index (κ1) is 12.8. The molecule has 0 unspecified atom stereocenters. The van der Waals surface area contributed by atoms with Crippen LogP contribution in [0.3, 0.4) is 0 Å². The highest BCUT2D eigenvalue weighted by molar-refractivity contribution is 5.55. The zero-order valence-corrected chi connectivity index (χ0v) is 11.5. The van der Waals surface area contributed by atoms with Crippen molar-refractivity contribution in [1.82, 2.24) is 19.7 Å². The highest BCUT2D eigenvalue weighted by Crippen LogP contribution is 2.20. The van der Waals surface area contributed by atoms with Crippen molar-refractivity contribution in [1.29, 1.82) is 0 Å². The highest BCUT2D eigenvalue weighted by atomic mass is 15.3. The predicted octanol–water partition coefficient (Wildman–Crippen LogP) is 2.59. The van der Waals surface area contributed by atoms with Crippen LogP contribution >= 0.6 is 0 Å². The Morgan fingerprint density at radius 3 is 2.39 bits per heavy atom. The van der Waals surface area contributed by atoms with Gasteiger partial charge in [0.05, 0.1) is 0 Å². The quantitative estimate of drug-likeness (QED) is 0.829. The minimum absolute atomic E-state index is 0.323. The summed E-state index contributed by atoms with van der Waals surface area (Å²) in [6, 6.07) is 8.84. The summed E-state index contributed by atoms with van der Waals surface area (Å²) in [5.74, 6) is 0.932. The Morgan fingerprint density at radius 1 is 1.17 bits per heavy atom. The van der Waals surface area contributed by atoms with Crippen LogP contribution in [-0.2, 0) is 6.54 Å². The van der Waals surface area contributed by atoms with E-state index < -0.39 is 0 Å². The third-order valence-electron chi connectivity index (χ3n) is 2.77. The molecule has 1 aromatic carbocycles. The summed E-state index contributed by atoms with van der Waals surface area (Å²) in [5, 5.41) is 4.26. The molecular weight excluding hydrogens is 224 g/mol. The molecule has 4 heteroatoms. The van der Waals surface area contributed by atoms with Gasteiger partial charge in [0.15, 0.2) is 5.82 Å². The molecule has 96 valence electrons. The Morgan fingerprint density at radius 2 is 1.83 bits per heavy atom. The third-order valence-corrected chi connectivity index (χ3v) is 2.77. The second-order valence-electron chi connectivity index (χ2n) is 5.06. The van der Waals surface area contributed by atoms with E-state index >= 15 is 0 Å². The Labute approximate surface area is 108 Å². The molecule has 0 bridgehead atoms. The second kappa shape index (κ2) is 5.31. The number of rotatable bonds is 4. The maximum Gasteiger partial charge on any atom is 0.158 e. The maximum atomic E-state index is 4.34. The molecule has 0 aliphatic heterocycles. The lowest BCUT2D eigenvalue weighted by atomic mass is 10.1. The average molecular weight is 244 g/mol. The molecule has 0 atom stereocenters. The molecule has 18 heavy (non-hydrogen) atoms. The molecule has 0 N–H and O–H groups in total. The Hall–Kier alpha value is -1.68. The minimum Gasteiger partial charge on any atom is -0.305 e. The van der Waals surface area contributed by atoms with E-state index in [0.29, 0.717) is 6.04 Å². The molecule has 0 saturated carbocycles. The van der Waals surface area contributed by atoms with Gasteiger partial charge in [0.25, 0.3) is 0 Å². The molecule has 2 rings (SSSR count). The summed E-state index contributed by atoms with van der Waals surface area (Å²) in [6.07, 6.45) is 1.61. The fraction of sp³-hybridized carbons (Fsp3) is 0.429. The van der Waals surface area contributed by atoms with E-state index in [4.69, 9.17) is 0 Å². The van der Waals surface area contributed by atoms with Crippen molar-refractivity contribution in [2.24, 2.45) is 0 Å². The molecule has 1 heterocycles. The van der Waals surface area contributed by atoms with Gasteiger partial charge < -0.3 is 4.90 Å². The first-order valence-corrected chi connectivity index (χ1v) is 6.21. The maximum absolute atomic E-state index is 4.34. The van der Waals surface area contributed by atoms with Crippen molar-refractivity contribution in [3.8, 4) is 11.4 Å². The summed E-state index contributed by atoms with van der Waals surface area (Å²) >= 11 is 0. The Bertz CT molecular complexity index is 497. The summed E-state index contributed by atoms with van der Waals surface area (Å²) in [4.78, 5) is 6.50. The van der Waals surface area contributed by atoms with Crippen molar-refractivity contribution in [3.05, 3.63) is 36.2 Å². The first-order valence-electron chi connectivity index (χ1n) is 6.21. The monoisotopic (exact) mass is 244 g/mol. The topological polar surface area (TPSA) is 34.0 Å². The zero-order valence-electron chi connectivity index (χ0n) is 11.5. The molecule has 0 spiro atoms. The summed E-state index contributed by atoms with van der Waals surface area (Å²) in [7, 11) is 4.15. The van der Waals surface area contributed by atoms with Crippen LogP contribution in [0, 0.1) is 0 Å². The molecule has 0 amide bonds. The van der Waals surface area contributed by atoms with E-state index in [-0.39, 0.29) is 0 Å². The molecule has 0 fully saturated rings. The summed E-state index contributed by atoms with van der Waals surface area (Å²) in [6.45, 7) is 5.17. The molecule has 0 radical (unpaired) electrons. The Balaban J connectivity index is 2.26.